The number of aliphatic carboxylic acids is 1. The third-order valence-electron chi connectivity index (χ3n) is 6.12. The Hall–Kier alpha value is -2.88. The number of halogens is 3. The second-order valence-corrected chi connectivity index (χ2v) is 10.5. The lowest BCUT2D eigenvalue weighted by Crippen LogP contribution is -2.50. The zero-order valence-electron chi connectivity index (χ0n) is 19.8. The van der Waals surface area contributed by atoms with Gasteiger partial charge in [-0.25, -0.2) is 4.79 Å². The van der Waals surface area contributed by atoms with Crippen molar-refractivity contribution in [3.63, 3.8) is 0 Å². The van der Waals surface area contributed by atoms with Crippen molar-refractivity contribution >= 4 is 23.6 Å². The Balaban J connectivity index is 1.85. The Bertz CT molecular complexity index is 1060. The predicted octanol–water partition coefficient (Wildman–Crippen LogP) is 5.57. The number of amides is 1. The van der Waals surface area contributed by atoms with Gasteiger partial charge >= 0.3 is 12.3 Å². The minimum Gasteiger partial charge on any atom is -0.492 e. The van der Waals surface area contributed by atoms with Crippen molar-refractivity contribution in [1.82, 2.24) is 5.32 Å². The van der Waals surface area contributed by atoms with Crippen molar-refractivity contribution in [2.45, 2.75) is 58.4 Å². The number of benzene rings is 1. The first kappa shape index (κ1) is 26.7. The van der Waals surface area contributed by atoms with Crippen molar-refractivity contribution < 1.29 is 37.3 Å². The number of allylic oxidation sites excluding steroid dienone is 2. The van der Waals surface area contributed by atoms with E-state index in [1.807, 2.05) is 26.0 Å². The summed E-state index contributed by atoms with van der Waals surface area (Å²) in [6, 6.07) is 4.18. The normalized spacial score (nSPS) is 20.7. The molecule has 190 valence electrons. The number of ether oxygens (including phenoxy) is 2. The maximum atomic E-state index is 13.2. The van der Waals surface area contributed by atoms with E-state index in [9.17, 15) is 27.9 Å². The molecule has 0 fully saturated rings. The average molecular weight is 512 g/mol. The van der Waals surface area contributed by atoms with Gasteiger partial charge in [-0.1, -0.05) is 45.1 Å². The summed E-state index contributed by atoms with van der Waals surface area (Å²) in [5.41, 5.74) is 0.136. The molecule has 0 saturated carbocycles. The van der Waals surface area contributed by atoms with Gasteiger partial charge < -0.3 is 19.9 Å². The van der Waals surface area contributed by atoms with Crippen molar-refractivity contribution in [2.24, 2.45) is 11.3 Å². The maximum Gasteiger partial charge on any atom is 0.573 e. The van der Waals surface area contributed by atoms with E-state index in [0.29, 0.717) is 17.7 Å². The van der Waals surface area contributed by atoms with Crippen molar-refractivity contribution in [2.75, 3.05) is 0 Å². The summed E-state index contributed by atoms with van der Waals surface area (Å²) >= 11 is 1.63. The molecule has 1 amide bonds. The van der Waals surface area contributed by atoms with Crippen LogP contribution in [0.4, 0.5) is 13.2 Å². The largest absolute Gasteiger partial charge is 0.573 e. The van der Waals surface area contributed by atoms with Crippen LogP contribution in [0.1, 0.15) is 39.7 Å². The zero-order chi connectivity index (χ0) is 26.0. The van der Waals surface area contributed by atoms with Crippen LogP contribution in [0.5, 0.6) is 5.75 Å². The molecule has 3 atom stereocenters. The monoisotopic (exact) mass is 511 g/mol. The number of carbonyl (C=O) groups excluding carboxylic acids is 1. The van der Waals surface area contributed by atoms with Gasteiger partial charge in [-0.3, -0.25) is 4.79 Å². The quantitative estimate of drug-likeness (QED) is 0.451. The Labute approximate surface area is 206 Å². The smallest absolute Gasteiger partial charge is 0.492 e. The van der Waals surface area contributed by atoms with E-state index in [1.165, 1.54) is 24.3 Å². The summed E-state index contributed by atoms with van der Waals surface area (Å²) in [5.74, 6) is -1.85. The van der Waals surface area contributed by atoms with Gasteiger partial charge in [0.25, 0.3) is 5.91 Å². The van der Waals surface area contributed by atoms with Gasteiger partial charge in [0.2, 0.25) is 0 Å². The first-order chi connectivity index (χ1) is 16.3. The number of carbonyl (C=O) groups is 2. The van der Waals surface area contributed by atoms with E-state index in [4.69, 9.17) is 4.74 Å². The maximum absolute atomic E-state index is 13.2. The van der Waals surface area contributed by atoms with Crippen LogP contribution in [-0.4, -0.2) is 34.6 Å². The highest BCUT2D eigenvalue weighted by atomic mass is 32.2. The summed E-state index contributed by atoms with van der Waals surface area (Å²) < 4.78 is 47.2. The average Bonchev–Trinajstić information content (AvgIpc) is 3.15. The third kappa shape index (κ3) is 6.62. The first-order valence-corrected chi connectivity index (χ1v) is 12.0. The SMILES string of the molecule is CCC(C)(C)C(NC(=O)C1=C(OCc2ccc(OC(F)(F)F)cc2)C2C=C(C)SC2C=C1)C(=O)O. The molecule has 1 heterocycles. The van der Waals surface area contributed by atoms with E-state index in [-0.39, 0.29) is 29.1 Å². The molecule has 3 unspecified atom stereocenters. The zero-order valence-corrected chi connectivity index (χ0v) is 20.6. The van der Waals surface area contributed by atoms with Crippen LogP contribution in [0.3, 0.4) is 0 Å². The van der Waals surface area contributed by atoms with Crippen molar-refractivity contribution in [3.05, 3.63) is 64.3 Å². The molecule has 0 aromatic heterocycles. The van der Waals surface area contributed by atoms with E-state index < -0.39 is 29.7 Å². The fraction of sp³-hybridized carbons (Fsp3) is 0.440. The molecule has 1 aromatic carbocycles. The van der Waals surface area contributed by atoms with Crippen LogP contribution >= 0.6 is 11.8 Å². The molecule has 35 heavy (non-hydrogen) atoms. The van der Waals surface area contributed by atoms with Gasteiger partial charge in [0.1, 0.15) is 24.2 Å². The second kappa shape index (κ2) is 10.4. The molecule has 2 aliphatic rings. The van der Waals surface area contributed by atoms with Crippen LogP contribution < -0.4 is 10.1 Å². The van der Waals surface area contributed by atoms with Crippen molar-refractivity contribution in [1.29, 1.82) is 0 Å². The van der Waals surface area contributed by atoms with E-state index in [1.54, 1.807) is 31.7 Å². The van der Waals surface area contributed by atoms with Crippen LogP contribution in [0, 0.1) is 11.3 Å². The minimum absolute atomic E-state index is 0.00976. The summed E-state index contributed by atoms with van der Waals surface area (Å²) in [6.45, 7) is 7.37. The number of alkyl halides is 3. The molecule has 1 aromatic rings. The molecular formula is C25H28F3NO5S. The standard InChI is InChI=1S/C25H28F3NO5S/c1-5-24(3,4)21(23(31)32)29-22(30)17-10-11-19-18(12-14(2)35-19)20(17)33-13-15-6-8-16(9-7-15)34-25(26,27)28/h6-12,18-19,21H,5,13H2,1-4H3,(H,29,30)(H,31,32). The highest BCUT2D eigenvalue weighted by molar-refractivity contribution is 8.04. The van der Waals surface area contributed by atoms with Gasteiger partial charge in [0.15, 0.2) is 0 Å². The molecule has 1 aliphatic heterocycles. The van der Waals surface area contributed by atoms with Gasteiger partial charge in [0, 0.05) is 5.25 Å². The van der Waals surface area contributed by atoms with Gasteiger partial charge in [-0.2, -0.15) is 0 Å². The van der Waals surface area contributed by atoms with Gasteiger partial charge in [-0.15, -0.1) is 24.9 Å². The van der Waals surface area contributed by atoms with Crippen LogP contribution in [-0.2, 0) is 20.9 Å². The Morgan fingerprint density at radius 3 is 2.43 bits per heavy atom. The highest BCUT2D eigenvalue weighted by Crippen LogP contribution is 2.44. The molecule has 10 heteroatoms. The molecule has 0 spiro atoms. The lowest BCUT2D eigenvalue weighted by Gasteiger charge is -2.32. The molecular weight excluding hydrogens is 483 g/mol. The highest BCUT2D eigenvalue weighted by Gasteiger charge is 2.39. The number of nitrogens with one attached hydrogen (secondary N) is 1. The predicted molar refractivity (Wildman–Crippen MR) is 126 cm³/mol. The Morgan fingerprint density at radius 1 is 1.20 bits per heavy atom. The van der Waals surface area contributed by atoms with Crippen LogP contribution in [0.25, 0.3) is 0 Å². The fourth-order valence-corrected chi connectivity index (χ4v) is 4.99. The summed E-state index contributed by atoms with van der Waals surface area (Å²) in [7, 11) is 0. The van der Waals surface area contributed by atoms with Crippen molar-refractivity contribution in [3.8, 4) is 5.75 Å². The number of rotatable bonds is 9. The molecule has 0 saturated heterocycles. The first-order valence-electron chi connectivity index (χ1n) is 11.1. The summed E-state index contributed by atoms with van der Waals surface area (Å²) in [6.07, 6.45) is 1.29. The van der Waals surface area contributed by atoms with Gasteiger partial charge in [-0.05, 0) is 47.4 Å². The lowest BCUT2D eigenvalue weighted by atomic mass is 9.81. The molecule has 0 radical (unpaired) electrons. The number of carboxylic acids is 1. The molecule has 6 nitrogen and oxygen atoms in total. The molecule has 3 rings (SSSR count). The topological polar surface area (TPSA) is 84.9 Å². The third-order valence-corrected chi connectivity index (χ3v) is 7.35. The number of carboxylic acid groups (broad SMARTS) is 1. The lowest BCUT2D eigenvalue weighted by molar-refractivity contribution is -0.274. The van der Waals surface area contributed by atoms with Gasteiger partial charge in [0.05, 0.1) is 11.5 Å². The molecule has 1 aliphatic carbocycles. The van der Waals surface area contributed by atoms with Crippen LogP contribution in [0.2, 0.25) is 0 Å². The number of fused-ring (bicyclic) bond motifs is 1. The minimum atomic E-state index is -4.78. The summed E-state index contributed by atoms with van der Waals surface area (Å²) in [4.78, 5) is 26.2. The summed E-state index contributed by atoms with van der Waals surface area (Å²) in [5, 5.41) is 12.4. The van der Waals surface area contributed by atoms with Crippen LogP contribution in [0.15, 0.2) is 58.7 Å². The second-order valence-electron chi connectivity index (χ2n) is 9.09. The number of thioether (sulfide) groups is 1. The Kier molecular flexibility index (Phi) is 7.93. The number of hydrogen-bond acceptors (Lipinski definition) is 5. The number of hydrogen-bond donors (Lipinski definition) is 2. The van der Waals surface area contributed by atoms with E-state index >= 15 is 0 Å². The Morgan fingerprint density at radius 2 is 1.86 bits per heavy atom. The fourth-order valence-electron chi connectivity index (χ4n) is 3.83. The molecule has 2 N–H and O–H groups in total. The molecule has 0 bridgehead atoms. The van der Waals surface area contributed by atoms with E-state index in [2.05, 4.69) is 10.1 Å². The van der Waals surface area contributed by atoms with E-state index in [0.717, 1.165) is 4.91 Å².